The van der Waals surface area contributed by atoms with Gasteiger partial charge in [-0.3, -0.25) is 0 Å². The van der Waals surface area contributed by atoms with E-state index in [1.54, 1.807) is 0 Å². The Morgan fingerprint density at radius 3 is 1.95 bits per heavy atom. The Balaban J connectivity index is 1.28. The molecule has 1 aromatic heterocycles. The molecule has 0 aliphatic heterocycles. The number of rotatable bonds is 2. The highest BCUT2D eigenvalue weighted by atomic mass is 16.3. The van der Waals surface area contributed by atoms with E-state index in [1.807, 2.05) is 0 Å². The highest BCUT2D eigenvalue weighted by molar-refractivity contribution is 6.15. The van der Waals surface area contributed by atoms with E-state index in [-0.39, 0.29) is 0 Å². The second-order valence-electron chi connectivity index (χ2n) is 11.2. The summed E-state index contributed by atoms with van der Waals surface area (Å²) < 4.78 is 6.36. The molecular weight excluding hydrogens is 496 g/mol. The molecule has 192 valence electrons. The van der Waals surface area contributed by atoms with Gasteiger partial charge in [0.25, 0.3) is 0 Å². The van der Waals surface area contributed by atoms with Gasteiger partial charge >= 0.3 is 0 Å². The lowest BCUT2D eigenvalue weighted by Crippen LogP contribution is -2.26. The standard InChI is InChI=1S/C40H26O/c1-3-11-29-25(9-1)21-35(33-15-7-5-13-31(29)33)27-17-19-39-37(23-27)38-24-28(18-20-40(38)41-39)36-22-26-10-2-4-12-30(26)32-14-6-8-16-34(32)36/h1-11,13,15-24H,12,14H2. The van der Waals surface area contributed by atoms with Crippen molar-refractivity contribution in [2.24, 2.45) is 0 Å². The van der Waals surface area contributed by atoms with Crippen LogP contribution in [0.3, 0.4) is 0 Å². The van der Waals surface area contributed by atoms with Gasteiger partial charge in [-0.1, -0.05) is 97.1 Å². The molecule has 0 bridgehead atoms. The molecule has 2 aliphatic rings. The normalized spacial score (nSPS) is 13.9. The zero-order valence-electron chi connectivity index (χ0n) is 22.5. The molecule has 0 saturated heterocycles. The summed E-state index contributed by atoms with van der Waals surface area (Å²) in [5, 5.41) is 10.1. The van der Waals surface area contributed by atoms with E-state index in [1.165, 1.54) is 65.4 Å². The molecule has 7 aromatic rings. The molecule has 0 unspecified atom stereocenters. The van der Waals surface area contributed by atoms with Gasteiger partial charge in [0.15, 0.2) is 0 Å². The minimum Gasteiger partial charge on any atom is -0.456 e. The first-order valence-electron chi connectivity index (χ1n) is 14.4. The predicted octanol–water partition coefficient (Wildman–Crippen LogP) is 9.01. The Morgan fingerprint density at radius 2 is 1.15 bits per heavy atom. The molecule has 0 fully saturated rings. The first-order valence-corrected chi connectivity index (χ1v) is 14.4. The molecule has 41 heavy (non-hydrogen) atoms. The molecule has 2 aliphatic carbocycles. The molecular formula is C40H26O. The second-order valence-corrected chi connectivity index (χ2v) is 11.2. The summed E-state index contributed by atoms with van der Waals surface area (Å²) >= 11 is 0. The maximum absolute atomic E-state index is 6.36. The molecule has 0 amide bonds. The minimum absolute atomic E-state index is 0.923. The van der Waals surface area contributed by atoms with Crippen LogP contribution in [0.15, 0.2) is 126 Å². The number of fused-ring (bicyclic) bond motifs is 9. The van der Waals surface area contributed by atoms with Gasteiger partial charge < -0.3 is 4.42 Å². The third kappa shape index (κ3) is 3.42. The number of furan rings is 1. The van der Waals surface area contributed by atoms with Crippen LogP contribution in [0.25, 0.3) is 77.9 Å². The van der Waals surface area contributed by atoms with Gasteiger partial charge in [-0.05, 0) is 115 Å². The van der Waals surface area contributed by atoms with Crippen molar-refractivity contribution >= 4 is 55.6 Å². The Labute approximate surface area is 237 Å². The van der Waals surface area contributed by atoms with Crippen LogP contribution in [0.1, 0.15) is 11.1 Å². The molecule has 1 nitrogen and oxygen atoms in total. The zero-order valence-corrected chi connectivity index (χ0v) is 22.5. The summed E-state index contributed by atoms with van der Waals surface area (Å²) in [5.41, 5.74) is 9.76. The molecule has 6 aromatic carbocycles. The van der Waals surface area contributed by atoms with Gasteiger partial charge in [0.2, 0.25) is 0 Å². The van der Waals surface area contributed by atoms with E-state index in [9.17, 15) is 0 Å². The summed E-state index contributed by atoms with van der Waals surface area (Å²) in [4.78, 5) is 0. The quantitative estimate of drug-likeness (QED) is 0.207. The summed E-state index contributed by atoms with van der Waals surface area (Å²) in [6.45, 7) is 0. The van der Waals surface area contributed by atoms with E-state index in [2.05, 4.69) is 134 Å². The Bertz CT molecular complexity index is 2410. The SMILES string of the molecule is C1=CCc2c3c(c(-c4ccc5oc6ccc(-c7cc8ccccc8c8ccccc78)cc6c5c4)cc2=C1)=CC=CC3. The number of allylic oxidation sites excluding steroid dienone is 4. The van der Waals surface area contributed by atoms with Crippen molar-refractivity contribution in [1.82, 2.24) is 0 Å². The van der Waals surface area contributed by atoms with Crippen LogP contribution in [-0.4, -0.2) is 0 Å². The van der Waals surface area contributed by atoms with Crippen LogP contribution in [0.2, 0.25) is 0 Å². The van der Waals surface area contributed by atoms with Crippen LogP contribution in [0.5, 0.6) is 0 Å². The first kappa shape index (κ1) is 22.7. The maximum atomic E-state index is 6.36. The number of hydrogen-bond donors (Lipinski definition) is 0. The predicted molar refractivity (Wildman–Crippen MR) is 173 cm³/mol. The Kier molecular flexibility index (Phi) is 4.80. The van der Waals surface area contributed by atoms with Crippen molar-refractivity contribution in [3.05, 3.63) is 143 Å². The lowest BCUT2D eigenvalue weighted by Gasteiger charge is -2.17. The van der Waals surface area contributed by atoms with Crippen molar-refractivity contribution in [2.75, 3.05) is 0 Å². The summed E-state index contributed by atoms with van der Waals surface area (Å²) in [6.07, 6.45) is 15.5. The third-order valence-electron chi connectivity index (χ3n) is 8.94. The first-order chi connectivity index (χ1) is 20.3. The van der Waals surface area contributed by atoms with Crippen LogP contribution >= 0.6 is 0 Å². The summed E-state index contributed by atoms with van der Waals surface area (Å²) in [6, 6.07) is 35.5. The minimum atomic E-state index is 0.923. The van der Waals surface area contributed by atoms with Gasteiger partial charge in [-0.25, -0.2) is 0 Å². The van der Waals surface area contributed by atoms with Gasteiger partial charge in [0, 0.05) is 10.8 Å². The largest absolute Gasteiger partial charge is 0.456 e. The molecule has 0 spiro atoms. The van der Waals surface area contributed by atoms with E-state index in [4.69, 9.17) is 4.42 Å². The number of benzene rings is 6. The van der Waals surface area contributed by atoms with Gasteiger partial charge in [-0.2, -0.15) is 0 Å². The third-order valence-corrected chi connectivity index (χ3v) is 8.94. The van der Waals surface area contributed by atoms with Crippen LogP contribution < -0.4 is 10.4 Å². The Morgan fingerprint density at radius 1 is 0.488 bits per heavy atom. The zero-order chi connectivity index (χ0) is 26.9. The second kappa shape index (κ2) is 8.68. The van der Waals surface area contributed by atoms with Crippen LogP contribution in [0, 0.1) is 0 Å². The monoisotopic (exact) mass is 522 g/mol. The average molecular weight is 523 g/mol. The highest BCUT2D eigenvalue weighted by Crippen LogP contribution is 2.39. The van der Waals surface area contributed by atoms with Crippen molar-refractivity contribution < 1.29 is 4.42 Å². The van der Waals surface area contributed by atoms with Gasteiger partial charge in [-0.15, -0.1) is 0 Å². The van der Waals surface area contributed by atoms with Crippen molar-refractivity contribution in [2.45, 2.75) is 12.8 Å². The molecule has 0 saturated carbocycles. The molecule has 0 N–H and O–H groups in total. The molecule has 0 radical (unpaired) electrons. The number of hydrogen-bond acceptors (Lipinski definition) is 1. The Hall–Kier alpha value is -5.14. The summed E-state index contributed by atoms with van der Waals surface area (Å²) in [5.74, 6) is 0. The topological polar surface area (TPSA) is 13.1 Å². The molecule has 1 heterocycles. The lowest BCUT2D eigenvalue weighted by molar-refractivity contribution is 0.669. The smallest absolute Gasteiger partial charge is 0.135 e. The van der Waals surface area contributed by atoms with Crippen LogP contribution in [-0.2, 0) is 12.8 Å². The van der Waals surface area contributed by atoms with E-state index in [0.29, 0.717) is 0 Å². The lowest BCUT2D eigenvalue weighted by atomic mass is 9.87. The molecule has 0 atom stereocenters. The summed E-state index contributed by atoms with van der Waals surface area (Å²) in [7, 11) is 0. The molecule has 9 rings (SSSR count). The van der Waals surface area contributed by atoms with E-state index >= 15 is 0 Å². The fraction of sp³-hybridized carbons (Fsp3) is 0.0500. The average Bonchev–Trinajstić information content (AvgIpc) is 3.41. The highest BCUT2D eigenvalue weighted by Gasteiger charge is 2.16. The fourth-order valence-electron chi connectivity index (χ4n) is 6.99. The van der Waals surface area contributed by atoms with Crippen molar-refractivity contribution in [3.63, 3.8) is 0 Å². The van der Waals surface area contributed by atoms with Crippen molar-refractivity contribution in [1.29, 1.82) is 0 Å². The van der Waals surface area contributed by atoms with Crippen molar-refractivity contribution in [3.8, 4) is 22.3 Å². The van der Waals surface area contributed by atoms with Gasteiger partial charge in [0.1, 0.15) is 11.2 Å². The van der Waals surface area contributed by atoms with Gasteiger partial charge in [0.05, 0.1) is 0 Å². The van der Waals surface area contributed by atoms with E-state index in [0.717, 1.165) is 34.8 Å². The fourth-order valence-corrected chi connectivity index (χ4v) is 6.99. The van der Waals surface area contributed by atoms with E-state index < -0.39 is 0 Å². The van der Waals surface area contributed by atoms with Crippen LogP contribution in [0.4, 0.5) is 0 Å². The maximum Gasteiger partial charge on any atom is 0.135 e. The molecule has 1 heteroatoms.